The van der Waals surface area contributed by atoms with Gasteiger partial charge >= 0.3 is 0 Å². The molecule has 2 aromatic rings. The molecule has 138 valence electrons. The first kappa shape index (κ1) is 19.2. The zero-order valence-corrected chi connectivity index (χ0v) is 16.7. The number of nitrogens with zero attached hydrogens (tertiary/aromatic N) is 1. The summed E-state index contributed by atoms with van der Waals surface area (Å²) in [7, 11) is 0. The SMILES string of the molecule is C[C@H](NC(=O)[C@H]1CCCCN1C(=O)c1cccs1)c1ccc(Cl)c(Cl)c1. The molecule has 0 spiro atoms. The van der Waals surface area contributed by atoms with Crippen molar-refractivity contribution < 1.29 is 9.59 Å². The van der Waals surface area contributed by atoms with Gasteiger partial charge in [0, 0.05) is 6.54 Å². The summed E-state index contributed by atoms with van der Waals surface area (Å²) < 4.78 is 0. The third-order valence-corrected chi connectivity index (χ3v) is 6.20. The van der Waals surface area contributed by atoms with E-state index in [0.717, 1.165) is 18.4 Å². The summed E-state index contributed by atoms with van der Waals surface area (Å²) in [5, 5.41) is 5.82. The number of piperidine rings is 1. The Morgan fingerprint density at radius 2 is 2.04 bits per heavy atom. The topological polar surface area (TPSA) is 49.4 Å². The quantitative estimate of drug-likeness (QED) is 0.776. The van der Waals surface area contributed by atoms with Gasteiger partial charge in [0.25, 0.3) is 5.91 Å². The first-order valence-electron chi connectivity index (χ1n) is 8.57. The predicted molar refractivity (Wildman–Crippen MR) is 106 cm³/mol. The molecule has 3 rings (SSSR count). The summed E-state index contributed by atoms with van der Waals surface area (Å²) in [4.78, 5) is 28.0. The fourth-order valence-electron chi connectivity index (χ4n) is 3.16. The Hall–Kier alpha value is -1.56. The number of thiophene rings is 1. The molecule has 0 radical (unpaired) electrons. The molecule has 1 N–H and O–H groups in total. The van der Waals surface area contributed by atoms with Crippen LogP contribution in [0.1, 0.15) is 47.5 Å². The van der Waals surface area contributed by atoms with Gasteiger partial charge in [-0.15, -0.1) is 11.3 Å². The highest BCUT2D eigenvalue weighted by Crippen LogP contribution is 2.26. The highest BCUT2D eigenvalue weighted by atomic mass is 35.5. The molecule has 1 aromatic heterocycles. The van der Waals surface area contributed by atoms with Crippen LogP contribution in [-0.4, -0.2) is 29.3 Å². The van der Waals surface area contributed by atoms with Gasteiger partial charge in [0.2, 0.25) is 5.91 Å². The number of carbonyl (C=O) groups excluding carboxylic acids is 2. The summed E-state index contributed by atoms with van der Waals surface area (Å²) in [5.74, 6) is -0.199. The lowest BCUT2D eigenvalue weighted by Crippen LogP contribution is -2.52. The lowest BCUT2D eigenvalue weighted by molar-refractivity contribution is -0.127. The van der Waals surface area contributed by atoms with E-state index in [1.165, 1.54) is 11.3 Å². The molecule has 0 bridgehead atoms. The van der Waals surface area contributed by atoms with Gasteiger partial charge in [0.1, 0.15) is 6.04 Å². The smallest absolute Gasteiger partial charge is 0.264 e. The van der Waals surface area contributed by atoms with E-state index in [2.05, 4.69) is 5.32 Å². The Balaban J connectivity index is 1.72. The van der Waals surface area contributed by atoms with Crippen LogP contribution in [0.3, 0.4) is 0 Å². The van der Waals surface area contributed by atoms with E-state index >= 15 is 0 Å². The largest absolute Gasteiger partial charge is 0.348 e. The first-order chi connectivity index (χ1) is 12.5. The summed E-state index contributed by atoms with van der Waals surface area (Å²) >= 11 is 13.4. The van der Waals surface area contributed by atoms with Crippen molar-refractivity contribution in [3.8, 4) is 0 Å². The van der Waals surface area contributed by atoms with Crippen molar-refractivity contribution in [3.05, 3.63) is 56.2 Å². The number of likely N-dealkylation sites (tertiary alicyclic amines) is 1. The predicted octanol–water partition coefficient (Wildman–Crippen LogP) is 4.93. The van der Waals surface area contributed by atoms with Crippen molar-refractivity contribution in [3.63, 3.8) is 0 Å². The fraction of sp³-hybridized carbons (Fsp3) is 0.368. The van der Waals surface area contributed by atoms with E-state index in [9.17, 15) is 9.59 Å². The zero-order chi connectivity index (χ0) is 18.7. The molecule has 0 unspecified atom stereocenters. The van der Waals surface area contributed by atoms with Crippen molar-refractivity contribution in [2.24, 2.45) is 0 Å². The van der Waals surface area contributed by atoms with E-state index in [4.69, 9.17) is 23.2 Å². The van der Waals surface area contributed by atoms with Gasteiger partial charge in [-0.1, -0.05) is 35.3 Å². The zero-order valence-electron chi connectivity index (χ0n) is 14.4. The number of hydrogen-bond acceptors (Lipinski definition) is 3. The fourth-order valence-corrected chi connectivity index (χ4v) is 4.15. The Morgan fingerprint density at radius 3 is 2.73 bits per heavy atom. The van der Waals surface area contributed by atoms with Crippen molar-refractivity contribution in [1.82, 2.24) is 10.2 Å². The minimum absolute atomic E-state index is 0.0676. The lowest BCUT2D eigenvalue weighted by atomic mass is 10.00. The molecule has 26 heavy (non-hydrogen) atoms. The summed E-state index contributed by atoms with van der Waals surface area (Å²) in [6.07, 6.45) is 2.54. The van der Waals surface area contributed by atoms with Gasteiger partial charge < -0.3 is 10.2 Å². The van der Waals surface area contributed by atoms with Gasteiger partial charge in [-0.2, -0.15) is 0 Å². The van der Waals surface area contributed by atoms with Gasteiger partial charge in [-0.3, -0.25) is 9.59 Å². The highest BCUT2D eigenvalue weighted by Gasteiger charge is 2.33. The first-order valence-corrected chi connectivity index (χ1v) is 10.2. The van der Waals surface area contributed by atoms with E-state index in [1.54, 1.807) is 23.1 Å². The lowest BCUT2D eigenvalue weighted by Gasteiger charge is -2.35. The molecule has 4 nitrogen and oxygen atoms in total. The van der Waals surface area contributed by atoms with Gasteiger partial charge in [-0.25, -0.2) is 0 Å². The minimum atomic E-state index is -0.441. The molecular weight excluding hydrogens is 391 g/mol. The monoisotopic (exact) mass is 410 g/mol. The highest BCUT2D eigenvalue weighted by molar-refractivity contribution is 7.12. The molecule has 2 amide bonds. The Bertz CT molecular complexity index is 795. The van der Waals surface area contributed by atoms with Crippen LogP contribution in [0.5, 0.6) is 0 Å². The number of amides is 2. The Labute approximate surface area is 167 Å². The van der Waals surface area contributed by atoms with Crippen LogP contribution in [-0.2, 0) is 4.79 Å². The van der Waals surface area contributed by atoms with Gasteiger partial charge in [0.15, 0.2) is 0 Å². The molecule has 1 saturated heterocycles. The van der Waals surface area contributed by atoms with Crippen LogP contribution in [0.15, 0.2) is 35.7 Å². The maximum atomic E-state index is 12.9. The number of rotatable bonds is 4. The Morgan fingerprint density at radius 1 is 1.23 bits per heavy atom. The maximum absolute atomic E-state index is 12.9. The average Bonchev–Trinajstić information content (AvgIpc) is 3.18. The molecule has 1 aliphatic rings. The van der Waals surface area contributed by atoms with E-state index in [-0.39, 0.29) is 17.9 Å². The molecule has 7 heteroatoms. The molecule has 1 aliphatic heterocycles. The standard InChI is InChI=1S/C19H20Cl2N2O2S/c1-12(13-7-8-14(20)15(21)11-13)22-18(24)16-5-2-3-9-23(16)19(25)17-6-4-10-26-17/h4,6-8,10-12,16H,2-3,5,9H2,1H3,(H,22,24)/t12-,16+/m0/s1. The number of halogens is 2. The second-order valence-corrected chi connectivity index (χ2v) is 8.15. The van der Waals surface area contributed by atoms with Crippen LogP contribution in [0.25, 0.3) is 0 Å². The van der Waals surface area contributed by atoms with Crippen molar-refractivity contribution in [1.29, 1.82) is 0 Å². The molecule has 2 atom stereocenters. The number of nitrogens with one attached hydrogen (secondary N) is 1. The molecule has 0 saturated carbocycles. The van der Waals surface area contributed by atoms with E-state index < -0.39 is 6.04 Å². The third kappa shape index (κ3) is 4.22. The van der Waals surface area contributed by atoms with Gasteiger partial charge in [0.05, 0.1) is 21.0 Å². The van der Waals surface area contributed by atoms with Crippen molar-refractivity contribution >= 4 is 46.4 Å². The summed E-state index contributed by atoms with van der Waals surface area (Å²) in [6.45, 7) is 2.50. The van der Waals surface area contributed by atoms with Gasteiger partial charge in [-0.05, 0) is 55.3 Å². The molecule has 2 heterocycles. The molecule has 1 fully saturated rings. The van der Waals surface area contributed by atoms with E-state index in [0.29, 0.717) is 27.9 Å². The molecule has 0 aliphatic carbocycles. The number of benzene rings is 1. The maximum Gasteiger partial charge on any atom is 0.264 e. The Kier molecular flexibility index (Phi) is 6.22. The minimum Gasteiger partial charge on any atom is -0.348 e. The van der Waals surface area contributed by atoms with Crippen molar-refractivity contribution in [2.45, 2.75) is 38.3 Å². The van der Waals surface area contributed by atoms with Crippen LogP contribution in [0.2, 0.25) is 10.0 Å². The average molecular weight is 411 g/mol. The van der Waals surface area contributed by atoms with E-state index in [1.807, 2.05) is 24.4 Å². The van der Waals surface area contributed by atoms with Crippen molar-refractivity contribution in [2.75, 3.05) is 6.54 Å². The summed E-state index contributed by atoms with van der Waals surface area (Å²) in [6, 6.07) is 8.30. The summed E-state index contributed by atoms with van der Waals surface area (Å²) in [5.41, 5.74) is 0.875. The van der Waals surface area contributed by atoms with Crippen LogP contribution in [0, 0.1) is 0 Å². The second kappa shape index (κ2) is 8.42. The van der Waals surface area contributed by atoms with Crippen LogP contribution in [0.4, 0.5) is 0 Å². The number of hydrogen-bond donors (Lipinski definition) is 1. The molecular formula is C19H20Cl2N2O2S. The second-order valence-electron chi connectivity index (χ2n) is 6.39. The normalized spacial score (nSPS) is 18.4. The number of carbonyl (C=O) groups is 2. The van der Waals surface area contributed by atoms with Crippen LogP contribution >= 0.6 is 34.5 Å². The molecule has 1 aromatic carbocycles. The van der Waals surface area contributed by atoms with Crippen LogP contribution < -0.4 is 5.32 Å². The third-order valence-electron chi connectivity index (χ3n) is 4.60.